The Labute approximate surface area is 91.7 Å². The SMILES string of the molecule is CNc1cnn(Cc2cn(C)nn2)c(=O)c1. The largest absolute Gasteiger partial charge is 0.387 e. The van der Waals surface area contributed by atoms with E-state index in [4.69, 9.17) is 0 Å². The van der Waals surface area contributed by atoms with Crippen molar-refractivity contribution in [3.05, 3.63) is 34.5 Å². The molecule has 0 aliphatic carbocycles. The number of rotatable bonds is 3. The van der Waals surface area contributed by atoms with Gasteiger partial charge in [0.25, 0.3) is 5.56 Å². The van der Waals surface area contributed by atoms with E-state index in [9.17, 15) is 4.79 Å². The Morgan fingerprint density at radius 1 is 1.50 bits per heavy atom. The number of nitrogens with zero attached hydrogens (tertiary/aromatic N) is 5. The molecule has 0 saturated heterocycles. The molecule has 7 heteroatoms. The predicted octanol–water partition coefficient (Wildman–Crippen LogP) is -0.538. The standard InChI is InChI=1S/C9H12N6O/c1-10-7-3-9(16)15(11-4-7)6-8-5-14(2)13-12-8/h3-5,10H,6H2,1-2H3. The van der Waals surface area contributed by atoms with E-state index in [1.165, 1.54) is 10.7 Å². The summed E-state index contributed by atoms with van der Waals surface area (Å²) in [7, 11) is 3.51. The Morgan fingerprint density at radius 2 is 2.31 bits per heavy atom. The van der Waals surface area contributed by atoms with Crippen LogP contribution in [0.3, 0.4) is 0 Å². The van der Waals surface area contributed by atoms with E-state index in [0.29, 0.717) is 17.9 Å². The van der Waals surface area contributed by atoms with Crippen LogP contribution < -0.4 is 10.9 Å². The lowest BCUT2D eigenvalue weighted by molar-refractivity contribution is 0.626. The molecule has 0 unspecified atom stereocenters. The van der Waals surface area contributed by atoms with Gasteiger partial charge in [0.05, 0.1) is 24.6 Å². The van der Waals surface area contributed by atoms with Crippen LogP contribution in [-0.2, 0) is 13.6 Å². The number of aromatic nitrogens is 5. The van der Waals surface area contributed by atoms with Crippen molar-refractivity contribution in [3.8, 4) is 0 Å². The van der Waals surface area contributed by atoms with Gasteiger partial charge in [-0.25, -0.2) is 4.68 Å². The van der Waals surface area contributed by atoms with Gasteiger partial charge in [-0.05, 0) is 0 Å². The van der Waals surface area contributed by atoms with Crippen LogP contribution >= 0.6 is 0 Å². The van der Waals surface area contributed by atoms with Gasteiger partial charge in [-0.1, -0.05) is 5.21 Å². The molecule has 0 amide bonds. The molecule has 1 N–H and O–H groups in total. The molecule has 0 aliphatic rings. The van der Waals surface area contributed by atoms with Crippen LogP contribution in [0.1, 0.15) is 5.69 Å². The van der Waals surface area contributed by atoms with E-state index in [1.54, 1.807) is 31.2 Å². The number of nitrogens with one attached hydrogen (secondary N) is 1. The molecule has 0 radical (unpaired) electrons. The zero-order valence-electron chi connectivity index (χ0n) is 9.08. The van der Waals surface area contributed by atoms with E-state index in [-0.39, 0.29) is 5.56 Å². The molecule has 0 aromatic carbocycles. The molecule has 0 aliphatic heterocycles. The van der Waals surface area contributed by atoms with Crippen LogP contribution in [0.25, 0.3) is 0 Å². The maximum Gasteiger partial charge on any atom is 0.269 e. The molecule has 0 saturated carbocycles. The number of aryl methyl sites for hydroxylation is 1. The summed E-state index contributed by atoms with van der Waals surface area (Å²) in [5.74, 6) is 0. The summed E-state index contributed by atoms with van der Waals surface area (Å²) in [6.07, 6.45) is 3.35. The van der Waals surface area contributed by atoms with Crippen molar-refractivity contribution >= 4 is 5.69 Å². The second-order valence-electron chi connectivity index (χ2n) is 3.37. The van der Waals surface area contributed by atoms with Crippen molar-refractivity contribution < 1.29 is 0 Å². The van der Waals surface area contributed by atoms with Crippen LogP contribution in [0, 0.1) is 0 Å². The van der Waals surface area contributed by atoms with Gasteiger partial charge in [-0.15, -0.1) is 5.10 Å². The highest BCUT2D eigenvalue weighted by atomic mass is 16.1. The average Bonchev–Trinajstić information content (AvgIpc) is 2.67. The minimum absolute atomic E-state index is 0.169. The van der Waals surface area contributed by atoms with Crippen molar-refractivity contribution in [1.82, 2.24) is 24.8 Å². The second kappa shape index (κ2) is 4.13. The fraction of sp³-hybridized carbons (Fsp3) is 0.333. The third-order valence-electron chi connectivity index (χ3n) is 2.12. The third kappa shape index (κ3) is 2.08. The highest BCUT2D eigenvalue weighted by Crippen LogP contribution is 1.98. The topological polar surface area (TPSA) is 77.6 Å². The lowest BCUT2D eigenvalue weighted by atomic mass is 10.4. The molecular weight excluding hydrogens is 208 g/mol. The van der Waals surface area contributed by atoms with Crippen molar-refractivity contribution in [1.29, 1.82) is 0 Å². The van der Waals surface area contributed by atoms with Crippen LogP contribution in [-0.4, -0.2) is 31.8 Å². The first-order valence-corrected chi connectivity index (χ1v) is 4.79. The first-order chi connectivity index (χ1) is 7.69. The van der Waals surface area contributed by atoms with Gasteiger partial charge < -0.3 is 5.32 Å². The quantitative estimate of drug-likeness (QED) is 0.751. The van der Waals surface area contributed by atoms with Gasteiger partial charge >= 0.3 is 0 Å². The van der Waals surface area contributed by atoms with Gasteiger partial charge in [0.15, 0.2) is 0 Å². The van der Waals surface area contributed by atoms with Gasteiger partial charge in [0.1, 0.15) is 5.69 Å². The van der Waals surface area contributed by atoms with E-state index in [0.717, 1.165) is 0 Å². The molecule has 2 aromatic rings. The molecule has 0 bridgehead atoms. The Bertz CT molecular complexity index is 543. The highest BCUT2D eigenvalue weighted by molar-refractivity contribution is 5.37. The minimum atomic E-state index is -0.169. The molecule has 0 fully saturated rings. The normalized spacial score (nSPS) is 10.4. The molecular formula is C9H12N6O. The van der Waals surface area contributed by atoms with Crippen LogP contribution in [0.2, 0.25) is 0 Å². The van der Waals surface area contributed by atoms with Crippen molar-refractivity contribution in [2.24, 2.45) is 7.05 Å². The van der Waals surface area contributed by atoms with E-state index in [1.807, 2.05) is 0 Å². The Morgan fingerprint density at radius 3 is 2.88 bits per heavy atom. The maximum atomic E-state index is 11.6. The first-order valence-electron chi connectivity index (χ1n) is 4.79. The fourth-order valence-corrected chi connectivity index (χ4v) is 1.31. The summed E-state index contributed by atoms with van der Waals surface area (Å²) in [5, 5.41) is 14.6. The monoisotopic (exact) mass is 220 g/mol. The summed E-state index contributed by atoms with van der Waals surface area (Å²) < 4.78 is 2.92. The Kier molecular flexibility index (Phi) is 2.67. The second-order valence-corrected chi connectivity index (χ2v) is 3.37. The summed E-state index contributed by atoms with van der Waals surface area (Å²) in [6.45, 7) is 0.330. The average molecular weight is 220 g/mol. The molecule has 84 valence electrons. The summed E-state index contributed by atoms with van der Waals surface area (Å²) in [6, 6.07) is 1.49. The van der Waals surface area contributed by atoms with Crippen molar-refractivity contribution in [2.45, 2.75) is 6.54 Å². The third-order valence-corrected chi connectivity index (χ3v) is 2.12. The van der Waals surface area contributed by atoms with Crippen LogP contribution in [0.5, 0.6) is 0 Å². The number of hydrogen-bond acceptors (Lipinski definition) is 5. The molecule has 7 nitrogen and oxygen atoms in total. The predicted molar refractivity (Wildman–Crippen MR) is 58.1 cm³/mol. The van der Waals surface area contributed by atoms with Crippen molar-refractivity contribution in [3.63, 3.8) is 0 Å². The van der Waals surface area contributed by atoms with Crippen LogP contribution in [0.4, 0.5) is 5.69 Å². The molecule has 2 heterocycles. The number of hydrogen-bond donors (Lipinski definition) is 1. The van der Waals surface area contributed by atoms with Gasteiger partial charge in [-0.2, -0.15) is 5.10 Å². The van der Waals surface area contributed by atoms with E-state index < -0.39 is 0 Å². The zero-order valence-corrected chi connectivity index (χ0v) is 9.08. The van der Waals surface area contributed by atoms with Crippen LogP contribution in [0.15, 0.2) is 23.3 Å². The van der Waals surface area contributed by atoms with E-state index >= 15 is 0 Å². The summed E-state index contributed by atoms with van der Waals surface area (Å²) in [4.78, 5) is 11.6. The molecule has 2 aromatic heterocycles. The highest BCUT2D eigenvalue weighted by Gasteiger charge is 2.03. The van der Waals surface area contributed by atoms with Gasteiger partial charge in [-0.3, -0.25) is 9.48 Å². The van der Waals surface area contributed by atoms with E-state index in [2.05, 4.69) is 20.7 Å². The summed E-state index contributed by atoms with van der Waals surface area (Å²) >= 11 is 0. The maximum absolute atomic E-state index is 11.6. The minimum Gasteiger partial charge on any atom is -0.387 e. The Balaban J connectivity index is 2.25. The fourth-order valence-electron chi connectivity index (χ4n) is 1.31. The number of anilines is 1. The summed E-state index contributed by atoms with van der Waals surface area (Å²) in [5.41, 5.74) is 1.23. The lowest BCUT2D eigenvalue weighted by Crippen LogP contribution is -2.23. The zero-order chi connectivity index (χ0) is 11.5. The van der Waals surface area contributed by atoms with Crippen molar-refractivity contribution in [2.75, 3.05) is 12.4 Å². The first kappa shape index (κ1) is 10.3. The Hall–Kier alpha value is -2.18. The molecule has 2 rings (SSSR count). The van der Waals surface area contributed by atoms with Gasteiger partial charge in [0, 0.05) is 20.2 Å². The van der Waals surface area contributed by atoms with Gasteiger partial charge in [0.2, 0.25) is 0 Å². The molecule has 0 spiro atoms. The lowest BCUT2D eigenvalue weighted by Gasteiger charge is -2.02. The smallest absolute Gasteiger partial charge is 0.269 e. The molecule has 0 atom stereocenters. The molecule has 16 heavy (non-hydrogen) atoms.